The first kappa shape index (κ1) is 14.4. The number of fused-ring (bicyclic) bond motifs is 3. The number of nitrogens with zero attached hydrogens (tertiary/aromatic N) is 2. The number of nitro benzene ring substituents is 1. The minimum absolute atomic E-state index is 0.0287. The Morgan fingerprint density at radius 1 is 1.17 bits per heavy atom. The molecule has 6 heteroatoms. The van der Waals surface area contributed by atoms with Crippen LogP contribution in [0, 0.1) is 10.1 Å². The van der Waals surface area contributed by atoms with Crippen LogP contribution in [0.15, 0.2) is 54.6 Å². The van der Waals surface area contributed by atoms with Crippen LogP contribution in [0.4, 0.5) is 5.69 Å². The average Bonchev–Trinajstić information content (AvgIpc) is 2.99. The van der Waals surface area contributed by atoms with E-state index in [1.807, 2.05) is 34.9 Å². The van der Waals surface area contributed by atoms with Crippen LogP contribution in [0.2, 0.25) is 0 Å². The smallest absolute Gasteiger partial charge is 0.355 e. The molecule has 0 N–H and O–H groups in total. The van der Waals surface area contributed by atoms with Gasteiger partial charge in [-0.3, -0.25) is 10.1 Å². The number of benzene rings is 2. The van der Waals surface area contributed by atoms with Crippen LogP contribution in [0.5, 0.6) is 0 Å². The van der Waals surface area contributed by atoms with Crippen molar-refractivity contribution in [3.05, 3.63) is 76.0 Å². The molecule has 0 spiro atoms. The van der Waals surface area contributed by atoms with Crippen molar-refractivity contribution in [2.75, 3.05) is 6.61 Å². The van der Waals surface area contributed by atoms with Gasteiger partial charge in [0.2, 0.25) is 0 Å². The molecule has 1 aromatic heterocycles. The molecular weight excluding hydrogens is 308 g/mol. The number of hydrogen-bond donors (Lipinski definition) is 0. The fourth-order valence-electron chi connectivity index (χ4n) is 3.22. The second kappa shape index (κ2) is 5.49. The number of carbonyl (C=O) groups excluding carboxylic acids is 1. The lowest BCUT2D eigenvalue weighted by Gasteiger charge is -2.26. The van der Waals surface area contributed by atoms with Gasteiger partial charge in [-0.15, -0.1) is 0 Å². The van der Waals surface area contributed by atoms with Gasteiger partial charge >= 0.3 is 5.97 Å². The number of nitro groups is 1. The summed E-state index contributed by atoms with van der Waals surface area (Å²) in [5.41, 5.74) is 2.58. The minimum Gasteiger partial charge on any atom is -0.459 e. The first-order chi connectivity index (χ1) is 11.6. The van der Waals surface area contributed by atoms with Crippen LogP contribution in [0.25, 0.3) is 10.9 Å². The summed E-state index contributed by atoms with van der Waals surface area (Å²) in [6.07, 6.45) is 0.636. The van der Waals surface area contributed by atoms with Gasteiger partial charge in [0.15, 0.2) is 0 Å². The largest absolute Gasteiger partial charge is 0.459 e. The van der Waals surface area contributed by atoms with Gasteiger partial charge in [-0.05, 0) is 24.1 Å². The van der Waals surface area contributed by atoms with Crippen molar-refractivity contribution in [1.29, 1.82) is 0 Å². The molecule has 0 bridgehead atoms. The van der Waals surface area contributed by atoms with E-state index in [-0.39, 0.29) is 17.7 Å². The van der Waals surface area contributed by atoms with Crippen LogP contribution >= 0.6 is 0 Å². The number of para-hydroxylation sites is 1. The lowest BCUT2D eigenvalue weighted by atomic mass is 10.0. The Morgan fingerprint density at radius 2 is 1.92 bits per heavy atom. The van der Waals surface area contributed by atoms with Crippen molar-refractivity contribution in [1.82, 2.24) is 4.57 Å². The van der Waals surface area contributed by atoms with Crippen molar-refractivity contribution in [2.45, 2.75) is 12.5 Å². The molecule has 4 rings (SSSR count). The minimum atomic E-state index is -0.413. The van der Waals surface area contributed by atoms with Crippen LogP contribution in [0.3, 0.4) is 0 Å². The number of esters is 1. The second-order valence-electron chi connectivity index (χ2n) is 5.84. The van der Waals surface area contributed by atoms with Crippen LogP contribution in [-0.2, 0) is 11.2 Å². The fourth-order valence-corrected chi connectivity index (χ4v) is 3.22. The molecule has 0 aliphatic carbocycles. The summed E-state index contributed by atoms with van der Waals surface area (Å²) < 4.78 is 7.33. The number of carbonyl (C=O) groups is 1. The highest BCUT2D eigenvalue weighted by Crippen LogP contribution is 2.30. The van der Waals surface area contributed by atoms with Crippen molar-refractivity contribution in [2.24, 2.45) is 0 Å². The molecule has 0 fully saturated rings. The number of ether oxygens (including phenoxy) is 1. The second-order valence-corrected chi connectivity index (χ2v) is 5.84. The maximum Gasteiger partial charge on any atom is 0.355 e. The molecule has 24 heavy (non-hydrogen) atoms. The summed E-state index contributed by atoms with van der Waals surface area (Å²) in [6.45, 7) is 0.293. The third kappa shape index (κ3) is 2.32. The van der Waals surface area contributed by atoms with Crippen molar-refractivity contribution >= 4 is 22.6 Å². The Morgan fingerprint density at radius 3 is 2.67 bits per heavy atom. The maximum atomic E-state index is 12.1. The molecule has 0 amide bonds. The number of hydrogen-bond acceptors (Lipinski definition) is 4. The molecule has 0 saturated heterocycles. The van der Waals surface area contributed by atoms with Gasteiger partial charge in [-0.1, -0.05) is 30.3 Å². The van der Waals surface area contributed by atoms with E-state index >= 15 is 0 Å². The fraction of sp³-hybridized carbons (Fsp3) is 0.167. The van der Waals surface area contributed by atoms with E-state index in [4.69, 9.17) is 4.74 Å². The molecule has 1 unspecified atom stereocenters. The van der Waals surface area contributed by atoms with E-state index in [1.54, 1.807) is 12.1 Å². The summed E-state index contributed by atoms with van der Waals surface area (Å²) >= 11 is 0. The van der Waals surface area contributed by atoms with E-state index in [9.17, 15) is 14.9 Å². The number of non-ortho nitro benzene ring substituents is 1. The first-order valence-corrected chi connectivity index (χ1v) is 7.64. The summed E-state index contributed by atoms with van der Waals surface area (Å²) in [5, 5.41) is 11.8. The Hall–Kier alpha value is -3.15. The van der Waals surface area contributed by atoms with Crippen molar-refractivity contribution in [3.8, 4) is 0 Å². The van der Waals surface area contributed by atoms with Crippen LogP contribution < -0.4 is 0 Å². The average molecular weight is 322 g/mol. The highest BCUT2D eigenvalue weighted by molar-refractivity contribution is 5.96. The molecular formula is C18H14N2O4. The van der Waals surface area contributed by atoms with Crippen molar-refractivity contribution < 1.29 is 14.5 Å². The molecule has 0 radical (unpaired) electrons. The Balaban J connectivity index is 1.71. The van der Waals surface area contributed by atoms with E-state index in [0.29, 0.717) is 18.7 Å². The Labute approximate surface area is 137 Å². The summed E-state index contributed by atoms with van der Waals surface area (Å²) in [6, 6.07) is 16.1. The van der Waals surface area contributed by atoms with Gasteiger partial charge in [0.05, 0.1) is 11.0 Å². The van der Waals surface area contributed by atoms with Gasteiger partial charge in [0, 0.05) is 23.0 Å². The molecule has 2 heterocycles. The van der Waals surface area contributed by atoms with E-state index in [2.05, 4.69) is 0 Å². The van der Waals surface area contributed by atoms with E-state index in [0.717, 1.165) is 16.5 Å². The zero-order valence-corrected chi connectivity index (χ0v) is 12.7. The highest BCUT2D eigenvalue weighted by Gasteiger charge is 2.28. The Kier molecular flexibility index (Phi) is 3.30. The predicted molar refractivity (Wildman–Crippen MR) is 88.1 cm³/mol. The Bertz CT molecular complexity index is 943. The summed E-state index contributed by atoms with van der Waals surface area (Å²) in [5.74, 6) is -0.314. The van der Waals surface area contributed by atoms with Gasteiger partial charge in [-0.2, -0.15) is 0 Å². The SMILES string of the molecule is O=C1OCC(Cc2ccc([N+](=O)[O-])cc2)n2c1cc1ccccc12. The van der Waals surface area contributed by atoms with Gasteiger partial charge in [-0.25, -0.2) is 4.79 Å². The number of aromatic nitrogens is 1. The highest BCUT2D eigenvalue weighted by atomic mass is 16.6. The van der Waals surface area contributed by atoms with Gasteiger partial charge < -0.3 is 9.30 Å². The molecule has 1 aliphatic heterocycles. The molecule has 2 aromatic carbocycles. The zero-order chi connectivity index (χ0) is 16.7. The third-order valence-electron chi connectivity index (χ3n) is 4.35. The summed E-state index contributed by atoms with van der Waals surface area (Å²) in [7, 11) is 0. The maximum absolute atomic E-state index is 12.1. The topological polar surface area (TPSA) is 74.4 Å². The number of rotatable bonds is 3. The van der Waals surface area contributed by atoms with Crippen LogP contribution in [0.1, 0.15) is 22.1 Å². The number of cyclic esters (lactones) is 1. The first-order valence-electron chi connectivity index (χ1n) is 7.64. The lowest BCUT2D eigenvalue weighted by Crippen LogP contribution is -2.29. The third-order valence-corrected chi connectivity index (χ3v) is 4.35. The van der Waals surface area contributed by atoms with Gasteiger partial charge in [0.1, 0.15) is 12.3 Å². The molecule has 3 aromatic rings. The van der Waals surface area contributed by atoms with E-state index < -0.39 is 4.92 Å². The molecule has 1 aliphatic rings. The van der Waals surface area contributed by atoms with E-state index in [1.165, 1.54) is 12.1 Å². The van der Waals surface area contributed by atoms with Gasteiger partial charge in [0.25, 0.3) is 5.69 Å². The quantitative estimate of drug-likeness (QED) is 0.420. The molecule has 120 valence electrons. The normalized spacial score (nSPS) is 16.7. The molecule has 0 saturated carbocycles. The zero-order valence-electron chi connectivity index (χ0n) is 12.7. The molecule has 1 atom stereocenters. The molecule has 6 nitrogen and oxygen atoms in total. The standard InChI is InChI=1S/C18H14N2O4/c21-18-17-10-13-3-1-2-4-16(13)19(17)15(11-24-18)9-12-5-7-14(8-6-12)20(22)23/h1-8,10,15H,9,11H2. The monoisotopic (exact) mass is 322 g/mol. The van der Waals surface area contributed by atoms with Crippen molar-refractivity contribution in [3.63, 3.8) is 0 Å². The van der Waals surface area contributed by atoms with Crippen LogP contribution in [-0.4, -0.2) is 22.1 Å². The lowest BCUT2D eigenvalue weighted by molar-refractivity contribution is -0.384. The predicted octanol–water partition coefficient (Wildman–Crippen LogP) is 3.50. The summed E-state index contributed by atoms with van der Waals surface area (Å²) in [4.78, 5) is 22.4.